The van der Waals surface area contributed by atoms with Gasteiger partial charge in [-0.15, -0.1) is 11.3 Å². The Bertz CT molecular complexity index is 742. The number of carbonyl (C=O) groups is 3. The minimum Gasteiger partial charge on any atom is -0.465 e. The molecule has 1 saturated heterocycles. The van der Waals surface area contributed by atoms with Gasteiger partial charge in [-0.25, -0.2) is 4.79 Å². The number of esters is 1. The number of hydrogen-bond donors (Lipinski definition) is 1. The van der Waals surface area contributed by atoms with Crippen molar-refractivity contribution in [2.75, 3.05) is 26.5 Å². The number of thiophene rings is 1. The van der Waals surface area contributed by atoms with Crippen LogP contribution in [0.3, 0.4) is 0 Å². The van der Waals surface area contributed by atoms with Gasteiger partial charge >= 0.3 is 5.97 Å². The lowest BCUT2D eigenvalue weighted by atomic mass is 10.1. The second-order valence-corrected chi connectivity index (χ2v) is 7.84. The van der Waals surface area contributed by atoms with Gasteiger partial charge in [0.1, 0.15) is 10.3 Å². The average Bonchev–Trinajstić information content (AvgIpc) is 3.04. The molecular weight excluding hydrogens is 362 g/mol. The lowest BCUT2D eigenvalue weighted by molar-refractivity contribution is -0.127. The number of ether oxygens (including phenoxy) is 1. The lowest BCUT2D eigenvalue weighted by Gasteiger charge is -2.09. The van der Waals surface area contributed by atoms with Crippen LogP contribution in [0.5, 0.6) is 0 Å². The second-order valence-electron chi connectivity index (χ2n) is 5.45. The van der Waals surface area contributed by atoms with Gasteiger partial charge in [-0.2, -0.15) is 0 Å². The third-order valence-corrected chi connectivity index (χ3v) is 6.29. The summed E-state index contributed by atoms with van der Waals surface area (Å²) in [6, 6.07) is 0. The van der Waals surface area contributed by atoms with E-state index in [9.17, 15) is 14.4 Å². The fourth-order valence-corrected chi connectivity index (χ4v) is 4.91. The van der Waals surface area contributed by atoms with Gasteiger partial charge in [-0.1, -0.05) is 18.7 Å². The van der Waals surface area contributed by atoms with Crippen molar-refractivity contribution in [3.8, 4) is 0 Å². The molecule has 1 aromatic rings. The van der Waals surface area contributed by atoms with Gasteiger partial charge < -0.3 is 10.1 Å². The third kappa shape index (κ3) is 3.87. The first-order valence-electron chi connectivity index (χ1n) is 7.75. The van der Waals surface area contributed by atoms with Crippen LogP contribution in [0.25, 0.3) is 0 Å². The monoisotopic (exact) mass is 383 g/mol. The van der Waals surface area contributed by atoms with E-state index in [1.807, 2.05) is 13.8 Å². The van der Waals surface area contributed by atoms with E-state index in [1.165, 1.54) is 35.1 Å². The van der Waals surface area contributed by atoms with Gasteiger partial charge in [0.15, 0.2) is 5.17 Å². The SMILES string of the molecule is CCc1c(C)sc(NC(=O)CC2SC(=NC)N(C)C2=O)c1C(=O)OC. The van der Waals surface area contributed by atoms with Crippen LogP contribution in [-0.2, 0) is 20.7 Å². The van der Waals surface area contributed by atoms with Crippen LogP contribution in [0, 0.1) is 6.92 Å². The Hall–Kier alpha value is -1.87. The Morgan fingerprint density at radius 3 is 2.60 bits per heavy atom. The third-order valence-electron chi connectivity index (χ3n) is 3.91. The van der Waals surface area contributed by atoms with Crippen molar-refractivity contribution in [1.82, 2.24) is 4.90 Å². The number of anilines is 1. The van der Waals surface area contributed by atoms with Gasteiger partial charge in [0.2, 0.25) is 11.8 Å². The predicted molar refractivity (Wildman–Crippen MR) is 101 cm³/mol. The zero-order valence-corrected chi connectivity index (χ0v) is 16.5. The number of nitrogens with one attached hydrogen (secondary N) is 1. The van der Waals surface area contributed by atoms with Crippen LogP contribution in [-0.4, -0.2) is 54.3 Å². The van der Waals surface area contributed by atoms with Gasteiger partial charge in [-0.05, 0) is 18.9 Å². The fourth-order valence-electron chi connectivity index (χ4n) is 2.66. The molecule has 0 saturated carbocycles. The number of nitrogens with zero attached hydrogens (tertiary/aromatic N) is 2. The number of amidine groups is 1. The standard InChI is InChI=1S/C16H21N3O4S2/c1-6-9-8(2)24-13(12(9)15(22)23-5)18-11(20)7-10-14(21)19(4)16(17-3)25-10/h10H,6-7H2,1-5H3,(H,18,20). The number of amides is 2. The average molecular weight is 383 g/mol. The summed E-state index contributed by atoms with van der Waals surface area (Å²) >= 11 is 2.61. The molecule has 1 atom stereocenters. The normalized spacial score (nSPS) is 18.8. The first-order chi connectivity index (χ1) is 11.8. The van der Waals surface area contributed by atoms with Gasteiger partial charge in [0, 0.05) is 25.4 Å². The predicted octanol–water partition coefficient (Wildman–Crippen LogP) is 2.29. The molecule has 25 heavy (non-hydrogen) atoms. The van der Waals surface area contributed by atoms with Crippen molar-refractivity contribution in [3.63, 3.8) is 0 Å². The minimum absolute atomic E-state index is 0.0197. The maximum atomic E-state index is 12.4. The van der Waals surface area contributed by atoms with Crippen LogP contribution in [0.4, 0.5) is 5.00 Å². The molecule has 0 spiro atoms. The van der Waals surface area contributed by atoms with Gasteiger partial charge in [0.05, 0.1) is 12.7 Å². The highest BCUT2D eigenvalue weighted by atomic mass is 32.2. The topological polar surface area (TPSA) is 88.1 Å². The first kappa shape index (κ1) is 19.5. The van der Waals surface area contributed by atoms with Crippen molar-refractivity contribution in [2.45, 2.75) is 31.9 Å². The summed E-state index contributed by atoms with van der Waals surface area (Å²) < 4.78 is 4.84. The Balaban J connectivity index is 2.16. The highest BCUT2D eigenvalue weighted by Crippen LogP contribution is 2.35. The number of rotatable bonds is 5. The van der Waals surface area contributed by atoms with Crippen LogP contribution in [0.2, 0.25) is 0 Å². The van der Waals surface area contributed by atoms with Crippen LogP contribution < -0.4 is 5.32 Å². The molecule has 2 heterocycles. The molecule has 1 fully saturated rings. The molecule has 2 amide bonds. The lowest BCUT2D eigenvalue weighted by Crippen LogP contribution is -2.30. The second kappa shape index (κ2) is 8.01. The Kier molecular flexibility index (Phi) is 6.23. The van der Waals surface area contributed by atoms with E-state index in [2.05, 4.69) is 10.3 Å². The van der Waals surface area contributed by atoms with Crippen LogP contribution in [0.1, 0.15) is 34.1 Å². The summed E-state index contributed by atoms with van der Waals surface area (Å²) in [6.45, 7) is 3.85. The molecule has 136 valence electrons. The molecule has 1 aliphatic rings. The summed E-state index contributed by atoms with van der Waals surface area (Å²) in [5.74, 6) is -0.931. The number of aliphatic imine (C=N–C) groups is 1. The van der Waals surface area contributed by atoms with Gasteiger partial charge in [0.25, 0.3) is 0 Å². The molecule has 0 aromatic carbocycles. The molecular formula is C16H21N3O4S2. The van der Waals surface area contributed by atoms with E-state index < -0.39 is 11.2 Å². The largest absolute Gasteiger partial charge is 0.465 e. The maximum absolute atomic E-state index is 12.4. The van der Waals surface area contributed by atoms with Crippen molar-refractivity contribution < 1.29 is 19.1 Å². The maximum Gasteiger partial charge on any atom is 0.341 e. The first-order valence-corrected chi connectivity index (χ1v) is 9.45. The van der Waals surface area contributed by atoms with E-state index in [-0.39, 0.29) is 18.2 Å². The highest BCUT2D eigenvalue weighted by Gasteiger charge is 2.36. The summed E-state index contributed by atoms with van der Waals surface area (Å²) in [6.07, 6.45) is 0.687. The molecule has 9 heteroatoms. The summed E-state index contributed by atoms with van der Waals surface area (Å²) in [5.41, 5.74) is 1.28. The van der Waals surface area contributed by atoms with Crippen molar-refractivity contribution in [1.29, 1.82) is 0 Å². The van der Waals surface area contributed by atoms with Crippen LogP contribution in [0.15, 0.2) is 4.99 Å². The molecule has 7 nitrogen and oxygen atoms in total. The summed E-state index contributed by atoms with van der Waals surface area (Å²) in [7, 11) is 4.56. The minimum atomic E-state index is -0.503. The van der Waals surface area contributed by atoms with E-state index in [0.29, 0.717) is 22.2 Å². The van der Waals surface area contributed by atoms with Crippen molar-refractivity contribution in [2.24, 2.45) is 4.99 Å². The molecule has 1 unspecified atom stereocenters. The highest BCUT2D eigenvalue weighted by molar-refractivity contribution is 8.15. The number of hydrogen-bond acceptors (Lipinski definition) is 7. The molecule has 1 aromatic heterocycles. The Morgan fingerprint density at radius 1 is 1.40 bits per heavy atom. The molecule has 1 aliphatic heterocycles. The summed E-state index contributed by atoms with van der Waals surface area (Å²) in [4.78, 5) is 43.1. The fraction of sp³-hybridized carbons (Fsp3) is 0.500. The quantitative estimate of drug-likeness (QED) is 0.788. The molecule has 0 radical (unpaired) electrons. The van der Waals surface area contributed by atoms with Crippen molar-refractivity contribution in [3.05, 3.63) is 16.0 Å². The van der Waals surface area contributed by atoms with E-state index >= 15 is 0 Å². The number of methoxy groups -OCH3 is 1. The molecule has 0 bridgehead atoms. The van der Waals surface area contributed by atoms with E-state index in [1.54, 1.807) is 14.1 Å². The van der Waals surface area contributed by atoms with Gasteiger partial charge in [-0.3, -0.25) is 19.5 Å². The van der Waals surface area contributed by atoms with E-state index in [0.717, 1.165) is 10.4 Å². The summed E-state index contributed by atoms with van der Waals surface area (Å²) in [5, 5.41) is 3.34. The molecule has 1 N–H and O–H groups in total. The molecule has 0 aliphatic carbocycles. The van der Waals surface area contributed by atoms with Crippen molar-refractivity contribution >= 4 is 51.1 Å². The smallest absolute Gasteiger partial charge is 0.341 e. The van der Waals surface area contributed by atoms with Crippen LogP contribution >= 0.6 is 23.1 Å². The Labute approximate surface area is 154 Å². The number of carbonyl (C=O) groups excluding carboxylic acids is 3. The zero-order valence-electron chi connectivity index (χ0n) is 14.8. The number of aryl methyl sites for hydroxylation is 1. The van der Waals surface area contributed by atoms with E-state index in [4.69, 9.17) is 4.74 Å². The zero-order chi connectivity index (χ0) is 18.7. The Morgan fingerprint density at radius 2 is 2.08 bits per heavy atom. The molecule has 2 rings (SSSR count). The number of thioether (sulfide) groups is 1.